The highest BCUT2D eigenvalue weighted by atomic mass is 16.1. The van der Waals surface area contributed by atoms with Crippen molar-refractivity contribution in [3.8, 4) is 0 Å². The Balaban J connectivity index is 1.53. The predicted octanol–water partition coefficient (Wildman–Crippen LogP) is 2.33. The van der Waals surface area contributed by atoms with E-state index in [9.17, 15) is 4.79 Å². The standard InChI is InChI=1S/C16H18N4O/c1-12-13(10-18-19-12)5-4-7-17-16(21)14-9-15-6-2-3-8-20(15)11-14/h2-3,6,8-11H,4-5,7H2,1H3,(H,17,21)(H,18,19). The lowest BCUT2D eigenvalue weighted by Crippen LogP contribution is -2.24. The Morgan fingerprint density at radius 1 is 1.43 bits per heavy atom. The van der Waals surface area contributed by atoms with Crippen molar-refractivity contribution in [3.05, 3.63) is 59.7 Å². The smallest absolute Gasteiger partial charge is 0.252 e. The number of nitrogens with one attached hydrogen (secondary N) is 2. The van der Waals surface area contributed by atoms with Gasteiger partial charge in [0, 0.05) is 30.1 Å². The van der Waals surface area contributed by atoms with E-state index in [4.69, 9.17) is 0 Å². The molecule has 0 saturated heterocycles. The highest BCUT2D eigenvalue weighted by Crippen LogP contribution is 2.09. The van der Waals surface area contributed by atoms with Crippen LogP contribution in [0.5, 0.6) is 0 Å². The third-order valence-corrected chi connectivity index (χ3v) is 3.61. The normalized spacial score (nSPS) is 10.9. The van der Waals surface area contributed by atoms with Crippen molar-refractivity contribution in [1.82, 2.24) is 19.9 Å². The highest BCUT2D eigenvalue weighted by Gasteiger charge is 2.08. The fraction of sp³-hybridized carbons (Fsp3) is 0.250. The Hall–Kier alpha value is -2.56. The van der Waals surface area contributed by atoms with Gasteiger partial charge in [-0.25, -0.2) is 0 Å². The summed E-state index contributed by atoms with van der Waals surface area (Å²) < 4.78 is 1.95. The molecule has 3 aromatic heterocycles. The topological polar surface area (TPSA) is 62.2 Å². The van der Waals surface area contributed by atoms with Crippen molar-refractivity contribution >= 4 is 11.4 Å². The van der Waals surface area contributed by atoms with Gasteiger partial charge in [-0.05, 0) is 43.5 Å². The van der Waals surface area contributed by atoms with Crippen LogP contribution in [0.3, 0.4) is 0 Å². The number of aromatic nitrogens is 3. The van der Waals surface area contributed by atoms with Gasteiger partial charge in [0.15, 0.2) is 0 Å². The second-order valence-corrected chi connectivity index (χ2v) is 5.14. The van der Waals surface area contributed by atoms with Gasteiger partial charge in [0.25, 0.3) is 5.91 Å². The van der Waals surface area contributed by atoms with Crippen LogP contribution in [-0.2, 0) is 6.42 Å². The molecule has 108 valence electrons. The number of carbonyl (C=O) groups excluding carboxylic acids is 1. The van der Waals surface area contributed by atoms with Gasteiger partial charge >= 0.3 is 0 Å². The number of aromatic amines is 1. The average molecular weight is 282 g/mol. The van der Waals surface area contributed by atoms with Gasteiger partial charge in [-0.1, -0.05) is 6.07 Å². The van der Waals surface area contributed by atoms with Gasteiger partial charge in [0.1, 0.15) is 0 Å². The molecule has 5 heteroatoms. The summed E-state index contributed by atoms with van der Waals surface area (Å²) in [4.78, 5) is 12.1. The Kier molecular flexibility index (Phi) is 3.73. The molecule has 0 unspecified atom stereocenters. The molecule has 0 bridgehead atoms. The zero-order valence-electron chi connectivity index (χ0n) is 12.0. The first-order valence-electron chi connectivity index (χ1n) is 7.08. The number of nitrogens with zero attached hydrogens (tertiary/aromatic N) is 2. The van der Waals surface area contributed by atoms with E-state index in [1.807, 2.05) is 54.2 Å². The third-order valence-electron chi connectivity index (χ3n) is 3.61. The van der Waals surface area contributed by atoms with Crippen molar-refractivity contribution in [2.45, 2.75) is 19.8 Å². The van der Waals surface area contributed by atoms with Gasteiger partial charge in [-0.15, -0.1) is 0 Å². The summed E-state index contributed by atoms with van der Waals surface area (Å²) >= 11 is 0. The van der Waals surface area contributed by atoms with E-state index in [1.165, 1.54) is 5.56 Å². The summed E-state index contributed by atoms with van der Waals surface area (Å²) in [5.74, 6) is -0.0254. The molecule has 0 aliphatic heterocycles. The lowest BCUT2D eigenvalue weighted by Gasteiger charge is -2.03. The molecule has 0 aromatic carbocycles. The molecule has 0 aliphatic carbocycles. The summed E-state index contributed by atoms with van der Waals surface area (Å²) in [7, 11) is 0. The fourth-order valence-electron chi connectivity index (χ4n) is 2.39. The molecular weight excluding hydrogens is 264 g/mol. The van der Waals surface area contributed by atoms with E-state index in [0.717, 1.165) is 24.1 Å². The monoisotopic (exact) mass is 282 g/mol. The highest BCUT2D eigenvalue weighted by molar-refractivity contribution is 5.95. The molecule has 0 saturated carbocycles. The Labute approximate surface area is 123 Å². The quantitative estimate of drug-likeness (QED) is 0.706. The fourth-order valence-corrected chi connectivity index (χ4v) is 2.39. The summed E-state index contributed by atoms with van der Waals surface area (Å²) in [6, 6.07) is 7.79. The minimum atomic E-state index is -0.0254. The van der Waals surface area contributed by atoms with Crippen molar-refractivity contribution in [2.75, 3.05) is 6.54 Å². The van der Waals surface area contributed by atoms with Gasteiger partial charge in [0.05, 0.1) is 11.8 Å². The van der Waals surface area contributed by atoms with E-state index < -0.39 is 0 Å². The van der Waals surface area contributed by atoms with Crippen LogP contribution in [-0.4, -0.2) is 27.0 Å². The number of amides is 1. The Bertz CT molecular complexity index is 723. The number of fused-ring (bicyclic) bond motifs is 1. The van der Waals surface area contributed by atoms with Crippen LogP contribution in [0.2, 0.25) is 0 Å². The molecule has 5 nitrogen and oxygen atoms in total. The van der Waals surface area contributed by atoms with Crippen LogP contribution in [0.15, 0.2) is 42.9 Å². The molecule has 0 radical (unpaired) electrons. The van der Waals surface area contributed by atoms with Crippen molar-refractivity contribution in [1.29, 1.82) is 0 Å². The van der Waals surface area contributed by atoms with Crippen LogP contribution in [0, 0.1) is 6.92 Å². The zero-order valence-corrected chi connectivity index (χ0v) is 12.0. The molecule has 1 amide bonds. The summed E-state index contributed by atoms with van der Waals surface area (Å²) in [6.45, 7) is 2.67. The minimum absolute atomic E-state index is 0.0254. The maximum absolute atomic E-state index is 12.1. The number of pyridine rings is 1. The molecule has 0 fully saturated rings. The number of aryl methyl sites for hydroxylation is 2. The van der Waals surface area contributed by atoms with Crippen LogP contribution in [0.25, 0.3) is 5.52 Å². The van der Waals surface area contributed by atoms with Crippen LogP contribution in [0.4, 0.5) is 0 Å². The lowest BCUT2D eigenvalue weighted by molar-refractivity contribution is 0.0953. The van der Waals surface area contributed by atoms with Crippen LogP contribution in [0.1, 0.15) is 28.0 Å². The maximum atomic E-state index is 12.1. The van der Waals surface area contributed by atoms with Gasteiger partial charge in [-0.2, -0.15) is 5.10 Å². The number of hydrogen-bond donors (Lipinski definition) is 2. The first-order chi connectivity index (χ1) is 10.2. The molecule has 3 heterocycles. The molecule has 0 spiro atoms. The van der Waals surface area contributed by atoms with Gasteiger partial charge < -0.3 is 9.72 Å². The maximum Gasteiger partial charge on any atom is 0.252 e. The molecule has 0 aliphatic rings. The summed E-state index contributed by atoms with van der Waals surface area (Å²) in [6.07, 6.45) is 7.45. The molecule has 3 rings (SSSR count). The molecule has 2 N–H and O–H groups in total. The molecular formula is C16H18N4O. The predicted molar refractivity (Wildman–Crippen MR) is 81.4 cm³/mol. The zero-order chi connectivity index (χ0) is 14.7. The van der Waals surface area contributed by atoms with Crippen LogP contribution < -0.4 is 5.32 Å². The number of carbonyl (C=O) groups is 1. The summed E-state index contributed by atoms with van der Waals surface area (Å²) in [5, 5.41) is 9.87. The minimum Gasteiger partial charge on any atom is -0.352 e. The second kappa shape index (κ2) is 5.83. The van der Waals surface area contributed by atoms with Gasteiger partial charge in [0.2, 0.25) is 0 Å². The van der Waals surface area contributed by atoms with Crippen molar-refractivity contribution in [3.63, 3.8) is 0 Å². The number of rotatable bonds is 5. The second-order valence-electron chi connectivity index (χ2n) is 5.14. The Morgan fingerprint density at radius 2 is 2.33 bits per heavy atom. The van der Waals surface area contributed by atoms with E-state index in [1.54, 1.807) is 0 Å². The Morgan fingerprint density at radius 3 is 3.10 bits per heavy atom. The van der Waals surface area contributed by atoms with Crippen LogP contribution >= 0.6 is 0 Å². The summed E-state index contributed by atoms with van der Waals surface area (Å²) in [5.41, 5.74) is 4.02. The van der Waals surface area contributed by atoms with E-state index in [2.05, 4.69) is 15.5 Å². The number of hydrogen-bond acceptors (Lipinski definition) is 2. The molecule has 21 heavy (non-hydrogen) atoms. The number of H-pyrrole nitrogens is 1. The first kappa shape index (κ1) is 13.4. The largest absolute Gasteiger partial charge is 0.352 e. The third kappa shape index (κ3) is 2.97. The molecule has 0 atom stereocenters. The first-order valence-corrected chi connectivity index (χ1v) is 7.08. The SMILES string of the molecule is Cc1[nH]ncc1CCCNC(=O)c1cc2ccccn2c1. The molecule has 3 aromatic rings. The lowest BCUT2D eigenvalue weighted by atomic mass is 10.1. The van der Waals surface area contributed by atoms with Crippen molar-refractivity contribution < 1.29 is 4.79 Å². The van der Waals surface area contributed by atoms with Gasteiger partial charge in [-0.3, -0.25) is 9.89 Å². The van der Waals surface area contributed by atoms with E-state index in [0.29, 0.717) is 12.1 Å². The van der Waals surface area contributed by atoms with Crippen molar-refractivity contribution in [2.24, 2.45) is 0 Å². The van der Waals surface area contributed by atoms with E-state index >= 15 is 0 Å². The average Bonchev–Trinajstić information content (AvgIpc) is 3.09. The van der Waals surface area contributed by atoms with E-state index in [-0.39, 0.29) is 5.91 Å².